The molecule has 0 bridgehead atoms. The van der Waals surface area contributed by atoms with Crippen molar-refractivity contribution in [2.45, 2.75) is 39.7 Å². The standard InChI is InChI=1S/C16H19N3O3/c1-10-5-6-12-11(7-10)19(14(20)9-21-12)8-13-17-15(18-22-13)16(2,3)4/h5-7H,8-9H2,1-4H3. The van der Waals surface area contributed by atoms with E-state index >= 15 is 0 Å². The van der Waals surface area contributed by atoms with Crippen molar-refractivity contribution in [3.8, 4) is 5.75 Å². The van der Waals surface area contributed by atoms with Crippen molar-refractivity contribution in [2.24, 2.45) is 0 Å². The van der Waals surface area contributed by atoms with Crippen LogP contribution in [-0.2, 0) is 16.8 Å². The van der Waals surface area contributed by atoms with E-state index in [1.165, 1.54) is 0 Å². The highest BCUT2D eigenvalue weighted by molar-refractivity contribution is 5.97. The molecule has 0 fully saturated rings. The monoisotopic (exact) mass is 301 g/mol. The minimum absolute atomic E-state index is 0.0241. The summed E-state index contributed by atoms with van der Waals surface area (Å²) in [6.45, 7) is 8.29. The molecule has 22 heavy (non-hydrogen) atoms. The van der Waals surface area contributed by atoms with E-state index in [2.05, 4.69) is 10.1 Å². The van der Waals surface area contributed by atoms with Gasteiger partial charge in [0, 0.05) is 5.41 Å². The number of anilines is 1. The lowest BCUT2D eigenvalue weighted by molar-refractivity contribution is -0.121. The van der Waals surface area contributed by atoms with Gasteiger partial charge in [0.05, 0.1) is 5.69 Å². The Bertz CT molecular complexity index is 716. The van der Waals surface area contributed by atoms with Gasteiger partial charge in [0.1, 0.15) is 12.3 Å². The van der Waals surface area contributed by atoms with Crippen LogP contribution in [0.5, 0.6) is 5.75 Å². The molecule has 6 heteroatoms. The molecule has 1 aromatic heterocycles. The zero-order valence-electron chi connectivity index (χ0n) is 13.2. The predicted octanol–water partition coefficient (Wildman–Crippen LogP) is 2.60. The van der Waals surface area contributed by atoms with Crippen LogP contribution in [0.25, 0.3) is 0 Å². The van der Waals surface area contributed by atoms with Gasteiger partial charge in [-0.25, -0.2) is 0 Å². The van der Waals surface area contributed by atoms with Crippen molar-refractivity contribution in [3.05, 3.63) is 35.5 Å². The van der Waals surface area contributed by atoms with Crippen molar-refractivity contribution >= 4 is 11.6 Å². The average Bonchev–Trinajstić information content (AvgIpc) is 2.91. The number of carbonyl (C=O) groups is 1. The zero-order valence-corrected chi connectivity index (χ0v) is 13.2. The molecule has 0 atom stereocenters. The van der Waals surface area contributed by atoms with Crippen molar-refractivity contribution in [2.75, 3.05) is 11.5 Å². The lowest BCUT2D eigenvalue weighted by Crippen LogP contribution is -2.38. The summed E-state index contributed by atoms with van der Waals surface area (Å²) in [7, 11) is 0. The van der Waals surface area contributed by atoms with Crippen LogP contribution < -0.4 is 9.64 Å². The fourth-order valence-electron chi connectivity index (χ4n) is 2.24. The Morgan fingerprint density at radius 3 is 2.77 bits per heavy atom. The van der Waals surface area contributed by atoms with Gasteiger partial charge in [-0.3, -0.25) is 9.69 Å². The number of nitrogens with zero attached hydrogens (tertiary/aromatic N) is 3. The summed E-state index contributed by atoms with van der Waals surface area (Å²) >= 11 is 0. The molecule has 1 amide bonds. The number of carbonyl (C=O) groups excluding carboxylic acids is 1. The number of ether oxygens (including phenoxy) is 1. The molecule has 0 saturated carbocycles. The van der Waals surface area contributed by atoms with Crippen molar-refractivity contribution < 1.29 is 14.1 Å². The van der Waals surface area contributed by atoms with Crippen LogP contribution >= 0.6 is 0 Å². The second-order valence-corrected chi connectivity index (χ2v) is 6.50. The summed E-state index contributed by atoms with van der Waals surface area (Å²) < 4.78 is 10.8. The number of aryl methyl sites for hydroxylation is 1. The number of fused-ring (bicyclic) bond motifs is 1. The Morgan fingerprint density at radius 1 is 1.32 bits per heavy atom. The van der Waals surface area contributed by atoms with Gasteiger partial charge < -0.3 is 9.26 Å². The lowest BCUT2D eigenvalue weighted by Gasteiger charge is -2.28. The lowest BCUT2D eigenvalue weighted by atomic mass is 9.96. The smallest absolute Gasteiger partial charge is 0.265 e. The summed E-state index contributed by atoms with van der Waals surface area (Å²) in [5.74, 6) is 1.63. The first-order valence-electron chi connectivity index (χ1n) is 7.21. The largest absolute Gasteiger partial charge is 0.482 e. The van der Waals surface area contributed by atoms with Gasteiger partial charge in [0.2, 0.25) is 5.89 Å². The van der Waals surface area contributed by atoms with Crippen LogP contribution in [0.2, 0.25) is 0 Å². The maximum atomic E-state index is 12.2. The number of benzene rings is 1. The molecule has 0 aliphatic carbocycles. The molecule has 0 N–H and O–H groups in total. The van der Waals surface area contributed by atoms with Gasteiger partial charge >= 0.3 is 0 Å². The molecule has 2 heterocycles. The number of hydrogen-bond donors (Lipinski definition) is 0. The normalized spacial score (nSPS) is 14.7. The summed E-state index contributed by atoms with van der Waals surface area (Å²) in [6.07, 6.45) is 0. The molecule has 2 aromatic rings. The maximum absolute atomic E-state index is 12.2. The molecule has 1 aliphatic rings. The summed E-state index contributed by atoms with van der Waals surface area (Å²) in [4.78, 5) is 18.2. The minimum atomic E-state index is -0.189. The van der Waals surface area contributed by atoms with Gasteiger partial charge in [-0.05, 0) is 24.6 Å². The second kappa shape index (κ2) is 5.12. The molecule has 1 aliphatic heterocycles. The molecule has 116 valence electrons. The number of hydrogen-bond acceptors (Lipinski definition) is 5. The summed E-state index contributed by atoms with van der Waals surface area (Å²) in [5.41, 5.74) is 1.61. The highest BCUT2D eigenvalue weighted by Crippen LogP contribution is 2.33. The minimum Gasteiger partial charge on any atom is -0.482 e. The van der Waals surface area contributed by atoms with Gasteiger partial charge in [-0.2, -0.15) is 4.98 Å². The second-order valence-electron chi connectivity index (χ2n) is 6.50. The van der Waals surface area contributed by atoms with Crippen LogP contribution in [0.1, 0.15) is 38.0 Å². The van der Waals surface area contributed by atoms with E-state index in [-0.39, 0.29) is 24.5 Å². The quantitative estimate of drug-likeness (QED) is 0.853. The predicted molar refractivity (Wildman–Crippen MR) is 80.9 cm³/mol. The summed E-state index contributed by atoms with van der Waals surface area (Å²) in [6, 6.07) is 5.75. The van der Waals surface area contributed by atoms with Crippen molar-refractivity contribution in [3.63, 3.8) is 0 Å². The van der Waals surface area contributed by atoms with E-state index in [1.54, 1.807) is 4.90 Å². The molecular weight excluding hydrogens is 282 g/mol. The van der Waals surface area contributed by atoms with E-state index in [0.717, 1.165) is 11.3 Å². The van der Waals surface area contributed by atoms with Crippen LogP contribution in [0.15, 0.2) is 22.7 Å². The van der Waals surface area contributed by atoms with Gasteiger partial charge in [0.25, 0.3) is 5.91 Å². The number of amides is 1. The third kappa shape index (κ3) is 2.68. The van der Waals surface area contributed by atoms with Crippen LogP contribution in [0.4, 0.5) is 5.69 Å². The Kier molecular flexibility index (Phi) is 3.39. The average molecular weight is 301 g/mol. The highest BCUT2D eigenvalue weighted by atomic mass is 16.5. The van der Waals surface area contributed by atoms with Crippen LogP contribution in [0.3, 0.4) is 0 Å². The van der Waals surface area contributed by atoms with Gasteiger partial charge in [-0.1, -0.05) is 32.0 Å². The Hall–Kier alpha value is -2.37. The van der Waals surface area contributed by atoms with E-state index in [0.29, 0.717) is 17.5 Å². The SMILES string of the molecule is Cc1ccc2c(c1)N(Cc1nc(C(C)(C)C)no1)C(=O)CO2. The third-order valence-electron chi connectivity index (χ3n) is 3.49. The molecule has 0 saturated heterocycles. The molecular formula is C16H19N3O3. The molecule has 0 spiro atoms. The molecule has 3 rings (SSSR count). The van der Waals surface area contributed by atoms with E-state index in [1.807, 2.05) is 45.9 Å². The first-order valence-corrected chi connectivity index (χ1v) is 7.21. The van der Waals surface area contributed by atoms with Crippen LogP contribution in [0, 0.1) is 6.92 Å². The Morgan fingerprint density at radius 2 is 2.09 bits per heavy atom. The van der Waals surface area contributed by atoms with Crippen molar-refractivity contribution in [1.82, 2.24) is 10.1 Å². The molecule has 0 unspecified atom stereocenters. The van der Waals surface area contributed by atoms with Gasteiger partial charge in [-0.15, -0.1) is 0 Å². The Balaban J connectivity index is 1.90. The van der Waals surface area contributed by atoms with E-state index < -0.39 is 0 Å². The fraction of sp³-hybridized carbons (Fsp3) is 0.438. The fourth-order valence-corrected chi connectivity index (χ4v) is 2.24. The van der Waals surface area contributed by atoms with Crippen LogP contribution in [-0.4, -0.2) is 22.7 Å². The van der Waals surface area contributed by atoms with E-state index in [4.69, 9.17) is 9.26 Å². The third-order valence-corrected chi connectivity index (χ3v) is 3.49. The highest BCUT2D eigenvalue weighted by Gasteiger charge is 2.28. The van der Waals surface area contributed by atoms with E-state index in [9.17, 15) is 4.79 Å². The molecule has 6 nitrogen and oxygen atoms in total. The first kappa shape index (κ1) is 14.6. The van der Waals surface area contributed by atoms with Crippen molar-refractivity contribution in [1.29, 1.82) is 0 Å². The summed E-state index contributed by atoms with van der Waals surface area (Å²) in [5, 5.41) is 4.00. The first-order chi connectivity index (χ1) is 10.3. The Labute approximate surface area is 129 Å². The number of aromatic nitrogens is 2. The topological polar surface area (TPSA) is 68.5 Å². The zero-order chi connectivity index (χ0) is 15.9. The molecule has 0 radical (unpaired) electrons. The maximum Gasteiger partial charge on any atom is 0.265 e. The molecule has 1 aromatic carbocycles. The number of rotatable bonds is 2. The van der Waals surface area contributed by atoms with Gasteiger partial charge in [0.15, 0.2) is 12.4 Å².